The Kier molecular flexibility index (Phi) is 4.60. The summed E-state index contributed by atoms with van der Waals surface area (Å²) < 4.78 is 14.2. The number of nitrogens with zero attached hydrogens (tertiary/aromatic N) is 1. The SMILES string of the molecule is CCCN1C(=O)/C(=C/c2c(F)cccc2Cl)SC1=S. The van der Waals surface area contributed by atoms with Gasteiger partial charge in [0.05, 0.1) is 9.93 Å². The fourth-order valence-electron chi connectivity index (χ4n) is 1.70. The van der Waals surface area contributed by atoms with Crippen molar-refractivity contribution < 1.29 is 9.18 Å². The number of hydrogen-bond acceptors (Lipinski definition) is 3. The van der Waals surface area contributed by atoms with E-state index in [1.54, 1.807) is 6.07 Å². The molecule has 1 aromatic carbocycles. The van der Waals surface area contributed by atoms with Gasteiger partial charge in [0.1, 0.15) is 10.1 Å². The van der Waals surface area contributed by atoms with Crippen LogP contribution in [-0.4, -0.2) is 21.7 Å². The number of thioether (sulfide) groups is 1. The van der Waals surface area contributed by atoms with Crippen LogP contribution in [-0.2, 0) is 4.79 Å². The maximum atomic E-state index is 13.7. The second-order valence-electron chi connectivity index (χ2n) is 3.97. The van der Waals surface area contributed by atoms with Crippen molar-refractivity contribution in [2.75, 3.05) is 6.54 Å². The third-order valence-electron chi connectivity index (χ3n) is 2.60. The van der Waals surface area contributed by atoms with Crippen molar-refractivity contribution in [1.82, 2.24) is 4.90 Å². The Morgan fingerprint density at radius 3 is 2.89 bits per heavy atom. The number of halogens is 2. The molecule has 2 rings (SSSR count). The van der Waals surface area contributed by atoms with Crippen molar-refractivity contribution >= 4 is 51.9 Å². The predicted octanol–water partition coefficient (Wildman–Crippen LogP) is 4.09. The standard InChI is InChI=1S/C13H11ClFNOS2/c1-2-6-16-12(17)11(19-13(16)18)7-8-9(14)4-3-5-10(8)15/h3-5,7H,2,6H2,1H3/b11-7-. The van der Waals surface area contributed by atoms with Crippen LogP contribution in [0.4, 0.5) is 4.39 Å². The van der Waals surface area contributed by atoms with E-state index in [1.165, 1.54) is 34.9 Å². The van der Waals surface area contributed by atoms with Crippen LogP contribution >= 0.6 is 35.6 Å². The lowest BCUT2D eigenvalue weighted by Crippen LogP contribution is -2.28. The number of thiocarbonyl (C=S) groups is 1. The van der Waals surface area contributed by atoms with Crippen LogP contribution in [0.3, 0.4) is 0 Å². The Hall–Kier alpha value is -0.910. The van der Waals surface area contributed by atoms with Crippen LogP contribution in [0.15, 0.2) is 23.1 Å². The summed E-state index contributed by atoms with van der Waals surface area (Å²) in [5.41, 5.74) is 0.223. The molecule has 1 amide bonds. The van der Waals surface area contributed by atoms with Crippen LogP contribution in [0.5, 0.6) is 0 Å². The van der Waals surface area contributed by atoms with E-state index in [1.807, 2.05) is 6.92 Å². The van der Waals surface area contributed by atoms with Gasteiger partial charge in [-0.15, -0.1) is 0 Å². The minimum absolute atomic E-state index is 0.184. The zero-order valence-corrected chi connectivity index (χ0v) is 12.5. The number of benzene rings is 1. The van der Waals surface area contributed by atoms with Crippen LogP contribution in [0.2, 0.25) is 5.02 Å². The summed E-state index contributed by atoms with van der Waals surface area (Å²) in [6, 6.07) is 4.42. The fraction of sp³-hybridized carbons (Fsp3) is 0.231. The summed E-state index contributed by atoms with van der Waals surface area (Å²) >= 11 is 12.3. The molecule has 2 nitrogen and oxygen atoms in total. The van der Waals surface area contributed by atoms with Crippen molar-refractivity contribution in [3.63, 3.8) is 0 Å². The van der Waals surface area contributed by atoms with Gasteiger partial charge in [-0.3, -0.25) is 9.69 Å². The Morgan fingerprint density at radius 2 is 2.26 bits per heavy atom. The highest BCUT2D eigenvalue weighted by Gasteiger charge is 2.31. The number of rotatable bonds is 3. The average molecular weight is 316 g/mol. The highest BCUT2D eigenvalue weighted by Crippen LogP contribution is 2.34. The molecule has 0 radical (unpaired) electrons. The Bertz CT molecular complexity index is 554. The lowest BCUT2D eigenvalue weighted by Gasteiger charge is -2.11. The maximum absolute atomic E-state index is 13.7. The lowest BCUT2D eigenvalue weighted by atomic mass is 10.2. The van der Waals surface area contributed by atoms with Crippen molar-refractivity contribution in [2.24, 2.45) is 0 Å². The molecule has 0 unspecified atom stereocenters. The highest BCUT2D eigenvalue weighted by molar-refractivity contribution is 8.26. The zero-order valence-electron chi connectivity index (χ0n) is 10.2. The molecule has 0 spiro atoms. The molecule has 1 saturated heterocycles. The molecule has 6 heteroatoms. The van der Waals surface area contributed by atoms with Crippen LogP contribution < -0.4 is 0 Å². The largest absolute Gasteiger partial charge is 0.293 e. The van der Waals surface area contributed by atoms with Gasteiger partial charge in [0, 0.05) is 12.1 Å². The normalized spacial score (nSPS) is 17.6. The van der Waals surface area contributed by atoms with E-state index in [0.717, 1.165) is 6.42 Å². The van der Waals surface area contributed by atoms with Crippen LogP contribution in [0.1, 0.15) is 18.9 Å². The summed E-state index contributed by atoms with van der Waals surface area (Å²) in [6.07, 6.45) is 2.28. The maximum Gasteiger partial charge on any atom is 0.266 e. The molecule has 1 heterocycles. The molecular formula is C13H11ClFNOS2. The summed E-state index contributed by atoms with van der Waals surface area (Å²) in [6.45, 7) is 2.54. The minimum Gasteiger partial charge on any atom is -0.293 e. The van der Waals surface area contributed by atoms with Gasteiger partial charge in [0.2, 0.25) is 0 Å². The number of carbonyl (C=O) groups excluding carboxylic acids is 1. The fourth-order valence-corrected chi connectivity index (χ4v) is 3.20. The summed E-state index contributed by atoms with van der Waals surface area (Å²) in [7, 11) is 0. The zero-order chi connectivity index (χ0) is 14.0. The topological polar surface area (TPSA) is 20.3 Å². The van der Waals surface area contributed by atoms with Gasteiger partial charge >= 0.3 is 0 Å². The van der Waals surface area contributed by atoms with Crippen molar-refractivity contribution in [2.45, 2.75) is 13.3 Å². The third-order valence-corrected chi connectivity index (χ3v) is 4.30. The number of hydrogen-bond donors (Lipinski definition) is 0. The summed E-state index contributed by atoms with van der Waals surface area (Å²) in [5.74, 6) is -0.635. The molecule has 0 saturated carbocycles. The van der Waals surface area contributed by atoms with Crippen molar-refractivity contribution in [3.8, 4) is 0 Å². The first kappa shape index (κ1) is 14.5. The second-order valence-corrected chi connectivity index (χ2v) is 6.05. The van der Waals surface area contributed by atoms with Gasteiger partial charge in [-0.05, 0) is 24.6 Å². The van der Waals surface area contributed by atoms with Gasteiger partial charge in [-0.1, -0.05) is 48.6 Å². The van der Waals surface area contributed by atoms with Gasteiger partial charge in [-0.25, -0.2) is 4.39 Å². The molecule has 1 aliphatic rings. The Labute approximate surface area is 125 Å². The molecule has 1 fully saturated rings. The van der Waals surface area contributed by atoms with Gasteiger partial charge < -0.3 is 0 Å². The van der Waals surface area contributed by atoms with E-state index >= 15 is 0 Å². The van der Waals surface area contributed by atoms with Crippen LogP contribution in [0.25, 0.3) is 6.08 Å². The third kappa shape index (κ3) is 2.99. The predicted molar refractivity (Wildman–Crippen MR) is 81.6 cm³/mol. The smallest absolute Gasteiger partial charge is 0.266 e. The quantitative estimate of drug-likeness (QED) is 0.619. The van der Waals surface area contributed by atoms with Crippen LogP contribution in [0, 0.1) is 5.82 Å². The van der Waals surface area contributed by atoms with Gasteiger partial charge in [-0.2, -0.15) is 0 Å². The molecule has 0 atom stereocenters. The van der Waals surface area contributed by atoms with E-state index in [0.29, 0.717) is 15.8 Å². The van der Waals surface area contributed by atoms with E-state index in [2.05, 4.69) is 0 Å². The Morgan fingerprint density at radius 1 is 1.53 bits per heavy atom. The molecule has 100 valence electrons. The molecule has 19 heavy (non-hydrogen) atoms. The van der Waals surface area contributed by atoms with Gasteiger partial charge in [0.25, 0.3) is 5.91 Å². The molecule has 0 aromatic heterocycles. The molecule has 0 bridgehead atoms. The van der Waals surface area contributed by atoms with E-state index < -0.39 is 5.82 Å². The summed E-state index contributed by atoms with van der Waals surface area (Å²) in [5, 5.41) is 0.278. The molecule has 0 aliphatic carbocycles. The number of amides is 1. The summed E-state index contributed by atoms with van der Waals surface area (Å²) in [4.78, 5) is 14.1. The first-order chi connectivity index (χ1) is 9.04. The van der Waals surface area contributed by atoms with Crippen molar-refractivity contribution in [3.05, 3.63) is 39.5 Å². The van der Waals surface area contributed by atoms with Gasteiger partial charge in [0.15, 0.2) is 0 Å². The van der Waals surface area contributed by atoms with E-state index in [9.17, 15) is 9.18 Å². The first-order valence-electron chi connectivity index (χ1n) is 5.74. The molecular weight excluding hydrogens is 305 g/mol. The monoisotopic (exact) mass is 315 g/mol. The molecule has 0 N–H and O–H groups in total. The lowest BCUT2D eigenvalue weighted by molar-refractivity contribution is -0.122. The molecule has 1 aromatic rings. The van der Waals surface area contributed by atoms with Crippen molar-refractivity contribution in [1.29, 1.82) is 0 Å². The van der Waals surface area contributed by atoms with E-state index in [-0.39, 0.29) is 16.5 Å². The minimum atomic E-state index is -0.451. The van der Waals surface area contributed by atoms with E-state index in [4.69, 9.17) is 23.8 Å². The second kappa shape index (κ2) is 6.03. The molecule has 1 aliphatic heterocycles. The first-order valence-corrected chi connectivity index (χ1v) is 7.34. The Balaban J connectivity index is 2.35. The number of carbonyl (C=O) groups is 1. The highest BCUT2D eigenvalue weighted by atomic mass is 35.5. The average Bonchev–Trinajstić information content (AvgIpc) is 2.62.